The van der Waals surface area contributed by atoms with E-state index < -0.39 is 18.9 Å². The molecule has 0 amide bonds. The molecular formula is C17H22F2N4O2. The van der Waals surface area contributed by atoms with E-state index in [2.05, 4.69) is 15.0 Å². The highest BCUT2D eigenvalue weighted by Crippen LogP contribution is 2.28. The number of carboxylic acid groups (broad SMARTS) is 1. The summed E-state index contributed by atoms with van der Waals surface area (Å²) in [6.07, 6.45) is -0.634. The van der Waals surface area contributed by atoms with E-state index in [0.29, 0.717) is 11.3 Å². The topological polar surface area (TPSA) is 71.2 Å². The number of carboxylic acids is 1. The number of halogens is 2. The first-order valence-electron chi connectivity index (χ1n) is 8.44. The van der Waals surface area contributed by atoms with Crippen LogP contribution in [0.1, 0.15) is 30.5 Å². The van der Waals surface area contributed by atoms with Gasteiger partial charge in [-0.2, -0.15) is 5.10 Å². The molecule has 6 nitrogen and oxygen atoms in total. The number of aliphatic carboxylic acids is 1. The van der Waals surface area contributed by atoms with Crippen molar-refractivity contribution in [3.05, 3.63) is 17.3 Å². The highest BCUT2D eigenvalue weighted by molar-refractivity contribution is 5.83. The lowest BCUT2D eigenvalue weighted by Gasteiger charge is -2.32. The molecule has 1 fully saturated rings. The van der Waals surface area contributed by atoms with Gasteiger partial charge in [-0.15, -0.1) is 0 Å². The van der Waals surface area contributed by atoms with E-state index >= 15 is 0 Å². The molecule has 0 spiro atoms. The SMILES string of the molecule is Cc1cc(N2CCC(CC(=O)O)CC2)nc2nn(CC(F)F)c(C)c12. The van der Waals surface area contributed by atoms with Crippen molar-refractivity contribution >= 4 is 22.8 Å². The number of rotatable bonds is 5. The lowest BCUT2D eigenvalue weighted by atomic mass is 9.93. The Morgan fingerprint density at radius 2 is 2.04 bits per heavy atom. The van der Waals surface area contributed by atoms with Crippen LogP contribution < -0.4 is 4.90 Å². The van der Waals surface area contributed by atoms with Crippen LogP contribution in [0.2, 0.25) is 0 Å². The Morgan fingerprint density at radius 3 is 2.64 bits per heavy atom. The number of carbonyl (C=O) groups is 1. The zero-order valence-corrected chi connectivity index (χ0v) is 14.4. The number of hydrogen-bond acceptors (Lipinski definition) is 4. The van der Waals surface area contributed by atoms with Crippen LogP contribution in [0.15, 0.2) is 6.07 Å². The molecule has 1 aliphatic heterocycles. The van der Waals surface area contributed by atoms with Crippen molar-refractivity contribution < 1.29 is 18.7 Å². The van der Waals surface area contributed by atoms with Gasteiger partial charge in [0.1, 0.15) is 12.4 Å². The molecule has 2 aromatic rings. The molecule has 0 bridgehead atoms. The van der Waals surface area contributed by atoms with Gasteiger partial charge in [-0.3, -0.25) is 9.48 Å². The van der Waals surface area contributed by atoms with Crippen molar-refractivity contribution in [2.45, 2.75) is 46.1 Å². The van der Waals surface area contributed by atoms with Gasteiger partial charge in [0, 0.05) is 30.6 Å². The Hall–Kier alpha value is -2.25. The summed E-state index contributed by atoms with van der Waals surface area (Å²) in [6.45, 7) is 4.77. The van der Waals surface area contributed by atoms with Crippen LogP contribution in [0.5, 0.6) is 0 Å². The molecule has 1 N–H and O–H groups in total. The molecule has 1 aliphatic rings. The molecule has 1 saturated heterocycles. The van der Waals surface area contributed by atoms with E-state index in [0.717, 1.165) is 42.7 Å². The quantitative estimate of drug-likeness (QED) is 0.896. The normalized spacial score (nSPS) is 16.1. The number of pyridine rings is 1. The average molecular weight is 352 g/mol. The van der Waals surface area contributed by atoms with Gasteiger partial charge >= 0.3 is 5.97 Å². The fourth-order valence-corrected chi connectivity index (χ4v) is 3.56. The second-order valence-corrected chi connectivity index (χ2v) is 6.68. The largest absolute Gasteiger partial charge is 0.481 e. The number of fused-ring (bicyclic) bond motifs is 1. The molecular weight excluding hydrogens is 330 g/mol. The molecule has 0 atom stereocenters. The molecule has 3 heterocycles. The van der Waals surface area contributed by atoms with Crippen LogP contribution in [0.4, 0.5) is 14.6 Å². The maximum atomic E-state index is 12.7. The summed E-state index contributed by atoms with van der Waals surface area (Å²) in [5, 5.41) is 14.0. The Bertz CT molecular complexity index is 783. The maximum absolute atomic E-state index is 12.7. The van der Waals surface area contributed by atoms with Gasteiger partial charge < -0.3 is 10.0 Å². The van der Waals surface area contributed by atoms with E-state index in [-0.39, 0.29) is 12.3 Å². The summed E-state index contributed by atoms with van der Waals surface area (Å²) < 4.78 is 26.7. The Morgan fingerprint density at radius 1 is 1.36 bits per heavy atom. The molecule has 136 valence electrons. The first-order chi connectivity index (χ1) is 11.8. The number of nitrogens with zero attached hydrogens (tertiary/aromatic N) is 4. The monoisotopic (exact) mass is 352 g/mol. The number of alkyl halides is 2. The lowest BCUT2D eigenvalue weighted by Crippen LogP contribution is -2.35. The molecule has 25 heavy (non-hydrogen) atoms. The van der Waals surface area contributed by atoms with Crippen molar-refractivity contribution in [1.82, 2.24) is 14.8 Å². The fourth-order valence-electron chi connectivity index (χ4n) is 3.56. The van der Waals surface area contributed by atoms with Crippen molar-refractivity contribution in [3.63, 3.8) is 0 Å². The maximum Gasteiger partial charge on any atom is 0.303 e. The minimum Gasteiger partial charge on any atom is -0.481 e. The van der Waals surface area contributed by atoms with E-state index in [1.54, 1.807) is 6.92 Å². The summed E-state index contributed by atoms with van der Waals surface area (Å²) in [4.78, 5) is 17.5. The number of aryl methyl sites for hydroxylation is 2. The third-order valence-electron chi connectivity index (χ3n) is 4.86. The van der Waals surface area contributed by atoms with E-state index in [4.69, 9.17) is 5.11 Å². The predicted molar refractivity (Wildman–Crippen MR) is 90.2 cm³/mol. The predicted octanol–water partition coefficient (Wildman–Crippen LogP) is 3.00. The molecule has 0 radical (unpaired) electrons. The summed E-state index contributed by atoms with van der Waals surface area (Å²) in [6, 6.07) is 1.96. The van der Waals surface area contributed by atoms with Gasteiger partial charge in [-0.1, -0.05) is 0 Å². The highest BCUT2D eigenvalue weighted by Gasteiger charge is 2.23. The summed E-state index contributed by atoms with van der Waals surface area (Å²) in [5.41, 5.74) is 2.15. The van der Waals surface area contributed by atoms with Crippen molar-refractivity contribution in [2.24, 2.45) is 5.92 Å². The first kappa shape index (κ1) is 17.6. The second kappa shape index (κ2) is 6.93. The number of piperidine rings is 1. The van der Waals surface area contributed by atoms with E-state index in [1.807, 2.05) is 13.0 Å². The molecule has 2 aromatic heterocycles. The Balaban J connectivity index is 1.83. The van der Waals surface area contributed by atoms with Gasteiger partial charge in [0.05, 0.1) is 0 Å². The zero-order chi connectivity index (χ0) is 18.1. The van der Waals surface area contributed by atoms with Gasteiger partial charge in [0.15, 0.2) is 5.65 Å². The van der Waals surface area contributed by atoms with E-state index in [9.17, 15) is 13.6 Å². The first-order valence-corrected chi connectivity index (χ1v) is 8.44. The molecule has 8 heteroatoms. The van der Waals surface area contributed by atoms with Crippen LogP contribution >= 0.6 is 0 Å². The minimum absolute atomic E-state index is 0.200. The van der Waals surface area contributed by atoms with Crippen molar-refractivity contribution in [2.75, 3.05) is 18.0 Å². The summed E-state index contributed by atoms with van der Waals surface area (Å²) in [7, 11) is 0. The minimum atomic E-state index is -2.46. The van der Waals surface area contributed by atoms with Gasteiger partial charge in [-0.25, -0.2) is 13.8 Å². The average Bonchev–Trinajstić information content (AvgIpc) is 2.83. The molecule has 3 rings (SSSR count). The van der Waals surface area contributed by atoms with Crippen LogP contribution in [0.25, 0.3) is 11.0 Å². The second-order valence-electron chi connectivity index (χ2n) is 6.68. The molecule has 0 aliphatic carbocycles. The summed E-state index contributed by atoms with van der Waals surface area (Å²) >= 11 is 0. The van der Waals surface area contributed by atoms with Crippen LogP contribution in [-0.2, 0) is 11.3 Å². The van der Waals surface area contributed by atoms with Gasteiger partial charge in [-0.05, 0) is 44.2 Å². The summed E-state index contributed by atoms with van der Waals surface area (Å²) in [5.74, 6) is 0.223. The zero-order valence-electron chi connectivity index (χ0n) is 14.4. The molecule has 0 saturated carbocycles. The standard InChI is InChI=1S/C17H22F2N4O2/c1-10-7-14(22-5-3-12(4-6-22)8-15(24)25)20-17-16(10)11(2)23(21-17)9-13(18)19/h7,12-13H,3-6,8-9H2,1-2H3,(H,24,25). The smallest absolute Gasteiger partial charge is 0.303 e. The van der Waals surface area contributed by atoms with Gasteiger partial charge in [0.25, 0.3) is 6.43 Å². The van der Waals surface area contributed by atoms with Gasteiger partial charge in [0.2, 0.25) is 0 Å². The van der Waals surface area contributed by atoms with Crippen LogP contribution in [0.3, 0.4) is 0 Å². The van der Waals surface area contributed by atoms with E-state index in [1.165, 1.54) is 4.68 Å². The number of aromatic nitrogens is 3. The number of hydrogen-bond donors (Lipinski definition) is 1. The highest BCUT2D eigenvalue weighted by atomic mass is 19.3. The lowest BCUT2D eigenvalue weighted by molar-refractivity contribution is -0.138. The van der Waals surface area contributed by atoms with Crippen molar-refractivity contribution in [1.29, 1.82) is 0 Å². The fraction of sp³-hybridized carbons (Fsp3) is 0.588. The molecule has 0 unspecified atom stereocenters. The number of anilines is 1. The van der Waals surface area contributed by atoms with Crippen molar-refractivity contribution in [3.8, 4) is 0 Å². The van der Waals surface area contributed by atoms with Crippen LogP contribution in [-0.4, -0.2) is 45.4 Å². The third-order valence-corrected chi connectivity index (χ3v) is 4.86. The Kier molecular flexibility index (Phi) is 4.87. The third kappa shape index (κ3) is 3.72. The molecule has 0 aromatic carbocycles. The van der Waals surface area contributed by atoms with Crippen LogP contribution in [0, 0.1) is 19.8 Å². The Labute approximate surface area is 144 Å².